The van der Waals surface area contributed by atoms with E-state index in [0.29, 0.717) is 29.5 Å². The Balaban J connectivity index is 1.40. The molecule has 6 nitrogen and oxygen atoms in total. The van der Waals surface area contributed by atoms with Crippen LogP contribution < -0.4 is 0 Å². The van der Waals surface area contributed by atoms with Crippen molar-refractivity contribution in [1.82, 2.24) is 20.0 Å². The van der Waals surface area contributed by atoms with Crippen LogP contribution in [0.3, 0.4) is 0 Å². The number of aromatic nitrogens is 2. The van der Waals surface area contributed by atoms with E-state index in [2.05, 4.69) is 15.1 Å². The molecule has 6 heteroatoms. The van der Waals surface area contributed by atoms with Crippen LogP contribution in [0.5, 0.6) is 0 Å². The number of nitrogens with zero attached hydrogens (tertiary/aromatic N) is 4. The lowest BCUT2D eigenvalue weighted by Gasteiger charge is -2.35. The molecule has 122 valence electrons. The van der Waals surface area contributed by atoms with Crippen molar-refractivity contribution in [2.45, 2.75) is 45.6 Å². The maximum Gasteiger partial charge on any atom is 0.230 e. The molecule has 2 aliphatic rings. The highest BCUT2D eigenvalue weighted by Gasteiger charge is 2.29. The fourth-order valence-corrected chi connectivity index (χ4v) is 3.36. The molecule has 2 fully saturated rings. The summed E-state index contributed by atoms with van der Waals surface area (Å²) in [6, 6.07) is 0. The number of likely N-dealkylation sites (tertiary alicyclic amines) is 1. The molecule has 1 saturated carbocycles. The molecule has 1 saturated heterocycles. The maximum atomic E-state index is 12.2. The van der Waals surface area contributed by atoms with Crippen LogP contribution in [0.1, 0.15) is 43.9 Å². The Bertz CT molecular complexity index is 504. The first-order valence-electron chi connectivity index (χ1n) is 8.38. The van der Waals surface area contributed by atoms with Crippen molar-refractivity contribution in [1.29, 1.82) is 0 Å². The number of amides is 1. The Morgan fingerprint density at radius 3 is 2.55 bits per heavy atom. The van der Waals surface area contributed by atoms with Gasteiger partial charge in [-0.15, -0.1) is 10.2 Å². The molecule has 1 aromatic rings. The van der Waals surface area contributed by atoms with Gasteiger partial charge in [0.1, 0.15) is 0 Å². The topological polar surface area (TPSA) is 62.5 Å². The molecule has 3 rings (SSSR count). The van der Waals surface area contributed by atoms with Crippen LogP contribution in [0.2, 0.25) is 0 Å². The highest BCUT2D eigenvalue weighted by Crippen LogP contribution is 2.28. The lowest BCUT2D eigenvalue weighted by molar-refractivity contribution is -0.137. The summed E-state index contributed by atoms with van der Waals surface area (Å²) in [6.07, 6.45) is 5.67. The van der Waals surface area contributed by atoms with Crippen molar-refractivity contribution in [2.24, 2.45) is 11.8 Å². The van der Waals surface area contributed by atoms with E-state index in [0.717, 1.165) is 51.9 Å². The van der Waals surface area contributed by atoms with E-state index < -0.39 is 0 Å². The van der Waals surface area contributed by atoms with Gasteiger partial charge in [-0.2, -0.15) is 0 Å². The highest BCUT2D eigenvalue weighted by molar-refractivity contribution is 5.79. The molecule has 0 aromatic carbocycles. The fourth-order valence-electron chi connectivity index (χ4n) is 3.36. The van der Waals surface area contributed by atoms with Gasteiger partial charge in [0, 0.05) is 26.4 Å². The van der Waals surface area contributed by atoms with Crippen LogP contribution in [0.25, 0.3) is 0 Å². The minimum atomic E-state index is 0.311. The molecular weight excluding hydrogens is 280 g/mol. The van der Waals surface area contributed by atoms with Crippen molar-refractivity contribution in [3.8, 4) is 0 Å². The second-order valence-electron chi connectivity index (χ2n) is 6.78. The van der Waals surface area contributed by atoms with Crippen LogP contribution in [-0.2, 0) is 11.3 Å². The molecule has 1 aliphatic carbocycles. The predicted molar refractivity (Wildman–Crippen MR) is 82.0 cm³/mol. The Labute approximate surface area is 131 Å². The van der Waals surface area contributed by atoms with Gasteiger partial charge in [0.15, 0.2) is 0 Å². The van der Waals surface area contributed by atoms with E-state index in [1.165, 1.54) is 6.42 Å². The fraction of sp³-hybridized carbons (Fsp3) is 0.812. The second kappa shape index (κ2) is 6.77. The smallest absolute Gasteiger partial charge is 0.230 e. The summed E-state index contributed by atoms with van der Waals surface area (Å²) in [4.78, 5) is 16.5. The summed E-state index contributed by atoms with van der Waals surface area (Å²) in [6.45, 7) is 5.54. The van der Waals surface area contributed by atoms with Gasteiger partial charge in [-0.25, -0.2) is 0 Å². The Morgan fingerprint density at radius 2 is 2.00 bits per heavy atom. The highest BCUT2D eigenvalue weighted by atomic mass is 16.4. The third-order valence-electron chi connectivity index (χ3n) is 5.00. The maximum absolute atomic E-state index is 12.2. The molecular formula is C16H26N4O2. The van der Waals surface area contributed by atoms with E-state index in [4.69, 9.17) is 4.42 Å². The number of carbonyl (C=O) groups excluding carboxylic acids is 1. The number of rotatable bonds is 5. The molecule has 1 amide bonds. The van der Waals surface area contributed by atoms with Gasteiger partial charge in [-0.3, -0.25) is 9.69 Å². The minimum Gasteiger partial charge on any atom is -0.424 e. The average Bonchev–Trinajstić information content (AvgIpc) is 2.84. The van der Waals surface area contributed by atoms with Gasteiger partial charge >= 0.3 is 0 Å². The van der Waals surface area contributed by atoms with Gasteiger partial charge in [0.2, 0.25) is 17.7 Å². The summed E-state index contributed by atoms with van der Waals surface area (Å²) in [7, 11) is 1.97. The Hall–Kier alpha value is -1.43. The number of aryl methyl sites for hydroxylation is 1. The van der Waals surface area contributed by atoms with Gasteiger partial charge in [0.05, 0.1) is 6.54 Å². The third kappa shape index (κ3) is 3.66. The molecule has 0 bridgehead atoms. The van der Waals surface area contributed by atoms with Gasteiger partial charge in [-0.1, -0.05) is 6.42 Å². The van der Waals surface area contributed by atoms with Gasteiger partial charge in [0.25, 0.3) is 0 Å². The van der Waals surface area contributed by atoms with Crippen molar-refractivity contribution in [2.75, 3.05) is 26.7 Å². The summed E-state index contributed by atoms with van der Waals surface area (Å²) in [5.74, 6) is 2.62. The lowest BCUT2D eigenvalue weighted by Crippen LogP contribution is -2.42. The standard InChI is InChI=1S/C16H26N4O2/c1-12-17-18-15(22-12)11-20-8-6-13(7-9-20)10-19(2)16(21)14-4-3-5-14/h13-14H,3-11H2,1-2H3. The van der Waals surface area contributed by atoms with E-state index in [-0.39, 0.29) is 0 Å². The average molecular weight is 306 g/mol. The van der Waals surface area contributed by atoms with E-state index in [1.54, 1.807) is 0 Å². The molecule has 0 spiro atoms. The Morgan fingerprint density at radius 1 is 1.27 bits per heavy atom. The largest absolute Gasteiger partial charge is 0.424 e. The molecule has 22 heavy (non-hydrogen) atoms. The van der Waals surface area contributed by atoms with Crippen molar-refractivity contribution >= 4 is 5.91 Å². The SMILES string of the molecule is Cc1nnc(CN2CCC(CN(C)C(=O)C3CCC3)CC2)o1. The lowest BCUT2D eigenvalue weighted by atomic mass is 9.84. The monoisotopic (exact) mass is 306 g/mol. The minimum absolute atomic E-state index is 0.311. The summed E-state index contributed by atoms with van der Waals surface area (Å²) in [5.41, 5.74) is 0. The van der Waals surface area contributed by atoms with Gasteiger partial charge < -0.3 is 9.32 Å². The van der Waals surface area contributed by atoms with Crippen LogP contribution in [0.4, 0.5) is 0 Å². The van der Waals surface area contributed by atoms with Gasteiger partial charge in [-0.05, 0) is 44.7 Å². The van der Waals surface area contributed by atoms with E-state index in [9.17, 15) is 4.79 Å². The molecule has 1 aromatic heterocycles. The summed E-state index contributed by atoms with van der Waals surface area (Å²) >= 11 is 0. The Kier molecular flexibility index (Phi) is 4.76. The summed E-state index contributed by atoms with van der Waals surface area (Å²) in [5, 5.41) is 7.92. The molecule has 1 aliphatic heterocycles. The normalized spacial score (nSPS) is 20.8. The third-order valence-corrected chi connectivity index (χ3v) is 5.00. The zero-order valence-electron chi connectivity index (χ0n) is 13.6. The zero-order chi connectivity index (χ0) is 15.5. The zero-order valence-corrected chi connectivity index (χ0v) is 13.6. The summed E-state index contributed by atoms with van der Waals surface area (Å²) < 4.78 is 5.44. The number of carbonyl (C=O) groups is 1. The van der Waals surface area contributed by atoms with Crippen molar-refractivity contribution < 1.29 is 9.21 Å². The number of piperidine rings is 1. The number of hydrogen-bond acceptors (Lipinski definition) is 5. The molecule has 0 radical (unpaired) electrons. The van der Waals surface area contributed by atoms with E-state index in [1.807, 2.05) is 18.9 Å². The molecule has 0 unspecified atom stereocenters. The van der Waals surface area contributed by atoms with Crippen LogP contribution in [0.15, 0.2) is 4.42 Å². The predicted octanol–water partition coefficient (Wildman–Crippen LogP) is 1.85. The molecule has 2 heterocycles. The van der Waals surface area contributed by atoms with Crippen LogP contribution in [0, 0.1) is 18.8 Å². The van der Waals surface area contributed by atoms with Crippen LogP contribution in [-0.4, -0.2) is 52.6 Å². The molecule has 0 atom stereocenters. The number of hydrogen-bond donors (Lipinski definition) is 0. The van der Waals surface area contributed by atoms with Crippen LogP contribution >= 0.6 is 0 Å². The second-order valence-corrected chi connectivity index (χ2v) is 6.78. The molecule has 0 N–H and O–H groups in total. The first-order chi connectivity index (χ1) is 10.6. The first-order valence-corrected chi connectivity index (χ1v) is 8.38. The van der Waals surface area contributed by atoms with Crippen molar-refractivity contribution in [3.05, 3.63) is 11.8 Å². The van der Waals surface area contributed by atoms with Crippen molar-refractivity contribution in [3.63, 3.8) is 0 Å². The van der Waals surface area contributed by atoms with E-state index >= 15 is 0 Å². The quantitative estimate of drug-likeness (QED) is 0.831. The first kappa shape index (κ1) is 15.5.